The summed E-state index contributed by atoms with van der Waals surface area (Å²) >= 11 is 0. The normalized spacial score (nSPS) is 15.0. The van der Waals surface area contributed by atoms with E-state index in [-0.39, 0.29) is 0 Å². The van der Waals surface area contributed by atoms with E-state index in [4.69, 9.17) is 9.47 Å². The minimum Gasteiger partial charge on any atom is -0.493 e. The molecule has 30 heavy (non-hydrogen) atoms. The average Bonchev–Trinajstić information content (AvgIpc) is 2.81. The van der Waals surface area contributed by atoms with Crippen molar-refractivity contribution in [3.63, 3.8) is 0 Å². The van der Waals surface area contributed by atoms with Crippen molar-refractivity contribution in [1.82, 2.24) is 10.2 Å². The van der Waals surface area contributed by atoms with Gasteiger partial charge in [0.2, 0.25) is 0 Å². The van der Waals surface area contributed by atoms with E-state index in [9.17, 15) is 0 Å². The van der Waals surface area contributed by atoms with Crippen molar-refractivity contribution in [1.29, 1.82) is 0 Å². The Hall–Kier alpha value is -2.93. The molecule has 0 aromatic heterocycles. The quantitative estimate of drug-likeness (QED) is 0.396. The number of nitrogens with one attached hydrogen (secondary N) is 2. The van der Waals surface area contributed by atoms with Crippen LogP contribution in [0.1, 0.15) is 6.42 Å². The molecule has 7 nitrogen and oxygen atoms in total. The highest BCUT2D eigenvalue weighted by molar-refractivity contribution is 5.93. The minimum absolute atomic E-state index is 0.688. The zero-order chi connectivity index (χ0) is 21.2. The molecule has 0 bridgehead atoms. The fourth-order valence-electron chi connectivity index (χ4n) is 3.61. The number of nitrogens with zero attached hydrogens (tertiary/aromatic N) is 3. The number of para-hydroxylation sites is 1. The highest BCUT2D eigenvalue weighted by atomic mass is 16.5. The standard InChI is InChI=1S/C23H33N5O2/c1-24-23(26-19-10-11-21(29-2)22(18-19)30-3)25-12-7-13-27-14-16-28(17-15-27)20-8-5-4-6-9-20/h4-6,8-11,18H,7,12-17H2,1-3H3,(H2,24,25,26). The van der Waals surface area contributed by atoms with Crippen LogP contribution in [0.2, 0.25) is 0 Å². The van der Waals surface area contributed by atoms with E-state index >= 15 is 0 Å². The number of hydrogen-bond acceptors (Lipinski definition) is 5. The molecule has 1 heterocycles. The lowest BCUT2D eigenvalue weighted by Gasteiger charge is -2.36. The topological polar surface area (TPSA) is 61.4 Å². The Labute approximate surface area is 179 Å². The molecule has 0 atom stereocenters. The van der Waals surface area contributed by atoms with Gasteiger partial charge in [-0.05, 0) is 37.2 Å². The zero-order valence-corrected chi connectivity index (χ0v) is 18.2. The average molecular weight is 412 g/mol. The van der Waals surface area contributed by atoms with Crippen molar-refractivity contribution < 1.29 is 9.47 Å². The fourth-order valence-corrected chi connectivity index (χ4v) is 3.61. The van der Waals surface area contributed by atoms with Crippen LogP contribution in [0.15, 0.2) is 53.5 Å². The molecule has 3 rings (SSSR count). The second kappa shape index (κ2) is 11.3. The maximum Gasteiger partial charge on any atom is 0.195 e. The molecule has 0 aliphatic carbocycles. The summed E-state index contributed by atoms with van der Waals surface area (Å²) < 4.78 is 10.6. The van der Waals surface area contributed by atoms with Gasteiger partial charge >= 0.3 is 0 Å². The van der Waals surface area contributed by atoms with Crippen LogP contribution >= 0.6 is 0 Å². The van der Waals surface area contributed by atoms with Gasteiger partial charge in [0.05, 0.1) is 14.2 Å². The molecule has 2 N–H and O–H groups in total. The second-order valence-corrected chi connectivity index (χ2v) is 7.21. The van der Waals surface area contributed by atoms with Crippen LogP contribution in [-0.4, -0.2) is 71.4 Å². The fraction of sp³-hybridized carbons (Fsp3) is 0.435. The molecule has 0 amide bonds. The van der Waals surface area contributed by atoms with Crippen molar-refractivity contribution in [3.05, 3.63) is 48.5 Å². The van der Waals surface area contributed by atoms with Gasteiger partial charge in [-0.2, -0.15) is 0 Å². The largest absolute Gasteiger partial charge is 0.493 e. The summed E-state index contributed by atoms with van der Waals surface area (Å²) in [6, 6.07) is 16.4. The summed E-state index contributed by atoms with van der Waals surface area (Å²) in [5, 5.41) is 6.69. The van der Waals surface area contributed by atoms with Crippen molar-refractivity contribution in [2.45, 2.75) is 6.42 Å². The van der Waals surface area contributed by atoms with E-state index in [0.29, 0.717) is 11.5 Å². The van der Waals surface area contributed by atoms with Gasteiger partial charge < -0.3 is 25.0 Å². The highest BCUT2D eigenvalue weighted by Crippen LogP contribution is 2.29. The molecule has 162 valence electrons. The first kappa shape index (κ1) is 21.8. The smallest absolute Gasteiger partial charge is 0.195 e. The number of guanidine groups is 1. The summed E-state index contributed by atoms with van der Waals surface area (Å²) in [7, 11) is 5.04. The van der Waals surface area contributed by atoms with Crippen molar-refractivity contribution in [3.8, 4) is 11.5 Å². The predicted molar refractivity (Wildman–Crippen MR) is 124 cm³/mol. The summed E-state index contributed by atoms with van der Waals surface area (Å²) in [6.45, 7) is 6.33. The molecule has 2 aromatic carbocycles. The molecule has 0 radical (unpaired) electrons. The van der Waals surface area contributed by atoms with Gasteiger partial charge in [0.1, 0.15) is 0 Å². The Bertz CT molecular complexity index is 804. The van der Waals surface area contributed by atoms with Crippen molar-refractivity contribution in [2.75, 3.05) is 70.8 Å². The summed E-state index contributed by atoms with van der Waals surface area (Å²) in [4.78, 5) is 9.31. The molecule has 0 unspecified atom stereocenters. The van der Waals surface area contributed by atoms with Gasteiger partial charge in [0.15, 0.2) is 17.5 Å². The first-order valence-corrected chi connectivity index (χ1v) is 10.5. The van der Waals surface area contributed by atoms with Gasteiger partial charge in [0, 0.05) is 57.2 Å². The zero-order valence-electron chi connectivity index (χ0n) is 18.2. The third-order valence-corrected chi connectivity index (χ3v) is 5.31. The maximum atomic E-state index is 5.36. The lowest BCUT2D eigenvalue weighted by atomic mass is 10.2. The number of aliphatic imine (C=N–C) groups is 1. The third-order valence-electron chi connectivity index (χ3n) is 5.31. The number of anilines is 2. The maximum absolute atomic E-state index is 5.36. The van der Waals surface area contributed by atoms with E-state index < -0.39 is 0 Å². The molecule has 1 aliphatic heterocycles. The molecule has 0 saturated carbocycles. The summed E-state index contributed by atoms with van der Waals surface area (Å²) in [6.07, 6.45) is 1.07. The lowest BCUT2D eigenvalue weighted by molar-refractivity contribution is 0.255. The molecular weight excluding hydrogens is 378 g/mol. The van der Waals surface area contributed by atoms with E-state index in [1.807, 2.05) is 18.2 Å². The molecule has 1 aliphatic rings. The lowest BCUT2D eigenvalue weighted by Crippen LogP contribution is -2.47. The molecule has 0 spiro atoms. The molecule has 2 aromatic rings. The number of ether oxygens (including phenoxy) is 2. The van der Waals surface area contributed by atoms with Gasteiger partial charge in [-0.3, -0.25) is 9.89 Å². The van der Waals surface area contributed by atoms with Crippen LogP contribution in [-0.2, 0) is 0 Å². The third kappa shape index (κ3) is 6.03. The van der Waals surface area contributed by atoms with E-state index in [2.05, 4.69) is 55.8 Å². The minimum atomic E-state index is 0.688. The molecular formula is C23H33N5O2. The van der Waals surface area contributed by atoms with Gasteiger partial charge in [-0.15, -0.1) is 0 Å². The van der Waals surface area contributed by atoms with Gasteiger partial charge in [-0.25, -0.2) is 0 Å². The first-order chi connectivity index (χ1) is 14.7. The van der Waals surface area contributed by atoms with E-state index in [1.165, 1.54) is 5.69 Å². The van der Waals surface area contributed by atoms with Crippen LogP contribution in [0.25, 0.3) is 0 Å². The Morgan fingerprint density at radius 3 is 2.37 bits per heavy atom. The number of benzene rings is 2. The summed E-state index contributed by atoms with van der Waals surface area (Å²) in [5.41, 5.74) is 2.22. The number of methoxy groups -OCH3 is 2. The number of piperazine rings is 1. The highest BCUT2D eigenvalue weighted by Gasteiger charge is 2.16. The first-order valence-electron chi connectivity index (χ1n) is 10.5. The SMILES string of the molecule is CN=C(NCCCN1CCN(c2ccccc2)CC1)Nc1ccc(OC)c(OC)c1. The van der Waals surface area contributed by atoms with E-state index in [0.717, 1.165) is 57.3 Å². The van der Waals surface area contributed by atoms with Crippen LogP contribution in [0, 0.1) is 0 Å². The Balaban J connectivity index is 1.37. The van der Waals surface area contributed by atoms with Crippen LogP contribution in [0.5, 0.6) is 11.5 Å². The molecule has 1 saturated heterocycles. The molecule has 7 heteroatoms. The Morgan fingerprint density at radius 1 is 0.967 bits per heavy atom. The molecule has 1 fully saturated rings. The Kier molecular flexibility index (Phi) is 8.20. The number of hydrogen-bond donors (Lipinski definition) is 2. The summed E-state index contributed by atoms with van der Waals surface area (Å²) in [5.74, 6) is 2.14. The van der Waals surface area contributed by atoms with Gasteiger partial charge in [0.25, 0.3) is 0 Å². The van der Waals surface area contributed by atoms with Gasteiger partial charge in [-0.1, -0.05) is 18.2 Å². The van der Waals surface area contributed by atoms with Crippen LogP contribution in [0.4, 0.5) is 11.4 Å². The number of rotatable bonds is 8. The predicted octanol–water partition coefficient (Wildman–Crippen LogP) is 2.90. The van der Waals surface area contributed by atoms with Crippen LogP contribution in [0.3, 0.4) is 0 Å². The van der Waals surface area contributed by atoms with E-state index in [1.54, 1.807) is 21.3 Å². The van der Waals surface area contributed by atoms with Crippen molar-refractivity contribution in [2.24, 2.45) is 4.99 Å². The monoisotopic (exact) mass is 411 g/mol. The second-order valence-electron chi connectivity index (χ2n) is 7.21. The van der Waals surface area contributed by atoms with Crippen molar-refractivity contribution >= 4 is 17.3 Å². The Morgan fingerprint density at radius 2 is 1.70 bits per heavy atom. The van der Waals surface area contributed by atoms with Crippen LogP contribution < -0.4 is 25.0 Å².